The highest BCUT2D eigenvalue weighted by Gasteiger charge is 2.20. The van der Waals surface area contributed by atoms with E-state index in [1.54, 1.807) is 19.2 Å². The number of hydrogen-bond acceptors (Lipinski definition) is 2. The summed E-state index contributed by atoms with van der Waals surface area (Å²) in [5.41, 5.74) is 2.11. The molecule has 1 aliphatic carbocycles. The van der Waals surface area contributed by atoms with Gasteiger partial charge in [0.1, 0.15) is 0 Å². The lowest BCUT2D eigenvalue weighted by Gasteiger charge is -2.24. The van der Waals surface area contributed by atoms with Crippen LogP contribution in [0.4, 0.5) is 5.69 Å². The lowest BCUT2D eigenvalue weighted by atomic mass is 9.95. The maximum Gasteiger partial charge on any atom is 0.253 e. The molecule has 1 saturated carbocycles. The molecule has 3 rings (SSSR count). The molecule has 0 heterocycles. The van der Waals surface area contributed by atoms with Gasteiger partial charge in [-0.05, 0) is 36.6 Å². The minimum atomic E-state index is -0.170. The van der Waals surface area contributed by atoms with Gasteiger partial charge in [0.25, 0.3) is 11.8 Å². The number of benzene rings is 2. The van der Waals surface area contributed by atoms with Gasteiger partial charge in [-0.3, -0.25) is 9.59 Å². The Hall–Kier alpha value is -2.88. The van der Waals surface area contributed by atoms with Crippen LogP contribution in [0.3, 0.4) is 0 Å². The van der Waals surface area contributed by atoms with Gasteiger partial charge >= 0.3 is 0 Å². The average Bonchev–Trinajstić information content (AvgIpc) is 2.73. The van der Waals surface area contributed by atoms with Gasteiger partial charge in [-0.2, -0.15) is 0 Å². The number of amides is 2. The van der Waals surface area contributed by atoms with Crippen molar-refractivity contribution >= 4 is 23.6 Å². The number of carbonyl (C=O) groups excluding carboxylic acids is 2. The van der Waals surface area contributed by atoms with E-state index in [1.807, 2.05) is 48.5 Å². The number of nitrogens with one attached hydrogen (secondary N) is 1. The number of hydrogen-bond donors (Lipinski definition) is 1. The number of nitrogens with zero attached hydrogens (tertiary/aromatic N) is 1. The standard InChI is InChI=1S/C23H26N2O2/c1-25(22(26)17-16-18-10-4-2-5-11-18)21-15-9-8-14-20(21)23(27)24-19-12-6-3-7-13-19/h2,4-5,8-11,14-17,19H,3,6-7,12-13H2,1H3,(H,24,27)/b17-16+. The van der Waals surface area contributed by atoms with Crippen molar-refractivity contribution in [2.75, 3.05) is 11.9 Å². The molecule has 2 aromatic carbocycles. The summed E-state index contributed by atoms with van der Waals surface area (Å²) < 4.78 is 0. The maximum atomic E-state index is 12.8. The molecule has 2 aromatic rings. The molecule has 0 saturated heterocycles. The molecule has 0 spiro atoms. The summed E-state index contributed by atoms with van der Waals surface area (Å²) in [6.45, 7) is 0. The minimum absolute atomic E-state index is 0.107. The van der Waals surface area contributed by atoms with E-state index in [4.69, 9.17) is 0 Å². The zero-order valence-electron chi connectivity index (χ0n) is 15.7. The van der Waals surface area contributed by atoms with E-state index < -0.39 is 0 Å². The molecule has 0 unspecified atom stereocenters. The van der Waals surface area contributed by atoms with Crippen LogP contribution in [0.15, 0.2) is 60.7 Å². The van der Waals surface area contributed by atoms with Crippen molar-refractivity contribution in [1.82, 2.24) is 5.32 Å². The van der Waals surface area contributed by atoms with Gasteiger partial charge in [0.2, 0.25) is 0 Å². The van der Waals surface area contributed by atoms with Crippen molar-refractivity contribution in [3.63, 3.8) is 0 Å². The topological polar surface area (TPSA) is 49.4 Å². The summed E-state index contributed by atoms with van der Waals surface area (Å²) in [4.78, 5) is 26.9. The summed E-state index contributed by atoms with van der Waals surface area (Å²) >= 11 is 0. The summed E-state index contributed by atoms with van der Waals surface area (Å²) in [5, 5.41) is 3.13. The third kappa shape index (κ3) is 5.07. The van der Waals surface area contributed by atoms with Crippen LogP contribution in [-0.4, -0.2) is 24.9 Å². The smallest absolute Gasteiger partial charge is 0.253 e. The summed E-state index contributed by atoms with van der Waals surface area (Å²) in [5.74, 6) is -0.277. The number of anilines is 1. The second-order valence-electron chi connectivity index (χ2n) is 6.97. The third-order valence-electron chi connectivity index (χ3n) is 5.00. The van der Waals surface area contributed by atoms with Crippen molar-refractivity contribution in [3.8, 4) is 0 Å². The van der Waals surface area contributed by atoms with Gasteiger partial charge in [-0.25, -0.2) is 0 Å². The Morgan fingerprint density at radius 2 is 1.63 bits per heavy atom. The number of carbonyl (C=O) groups is 2. The maximum absolute atomic E-state index is 12.8. The molecule has 4 nitrogen and oxygen atoms in total. The summed E-state index contributed by atoms with van der Waals surface area (Å²) in [7, 11) is 1.70. The second-order valence-corrected chi connectivity index (χ2v) is 6.97. The molecular weight excluding hydrogens is 336 g/mol. The predicted octanol–water partition coefficient (Wildman–Crippen LogP) is 4.43. The number of rotatable bonds is 5. The van der Waals surface area contributed by atoms with Crippen molar-refractivity contribution < 1.29 is 9.59 Å². The molecule has 0 aromatic heterocycles. The lowest BCUT2D eigenvalue weighted by Crippen LogP contribution is -2.37. The van der Waals surface area contributed by atoms with E-state index in [-0.39, 0.29) is 17.9 Å². The lowest BCUT2D eigenvalue weighted by molar-refractivity contribution is -0.113. The highest BCUT2D eigenvalue weighted by atomic mass is 16.2. The third-order valence-corrected chi connectivity index (χ3v) is 5.00. The molecule has 1 fully saturated rings. The van der Waals surface area contributed by atoms with Crippen molar-refractivity contribution in [1.29, 1.82) is 0 Å². The first-order chi connectivity index (χ1) is 13.1. The predicted molar refractivity (Wildman–Crippen MR) is 110 cm³/mol. The SMILES string of the molecule is CN(C(=O)/C=C/c1ccccc1)c1ccccc1C(=O)NC1CCCCC1. The van der Waals surface area contributed by atoms with Gasteiger partial charge in [-0.1, -0.05) is 61.7 Å². The average molecular weight is 362 g/mol. The van der Waals surface area contributed by atoms with E-state index in [2.05, 4.69) is 5.32 Å². The van der Waals surface area contributed by atoms with Gasteiger partial charge < -0.3 is 10.2 Å². The first-order valence-electron chi connectivity index (χ1n) is 9.56. The van der Waals surface area contributed by atoms with E-state index in [0.717, 1.165) is 31.2 Å². The molecule has 0 radical (unpaired) electrons. The first kappa shape index (κ1) is 18.9. The van der Waals surface area contributed by atoms with E-state index in [9.17, 15) is 9.59 Å². The van der Waals surface area contributed by atoms with Crippen LogP contribution < -0.4 is 10.2 Å². The molecule has 0 atom stereocenters. The molecule has 27 heavy (non-hydrogen) atoms. The van der Waals surface area contributed by atoms with E-state index in [0.29, 0.717) is 11.3 Å². The van der Waals surface area contributed by atoms with Crippen LogP contribution in [0.2, 0.25) is 0 Å². The zero-order chi connectivity index (χ0) is 19.1. The Morgan fingerprint density at radius 3 is 2.37 bits per heavy atom. The fraction of sp³-hybridized carbons (Fsp3) is 0.304. The highest BCUT2D eigenvalue weighted by molar-refractivity contribution is 6.08. The zero-order valence-corrected chi connectivity index (χ0v) is 15.7. The van der Waals surface area contributed by atoms with E-state index >= 15 is 0 Å². The quantitative estimate of drug-likeness (QED) is 0.800. The minimum Gasteiger partial charge on any atom is -0.349 e. The molecule has 1 N–H and O–H groups in total. The molecule has 140 valence electrons. The van der Waals surface area contributed by atoms with Gasteiger partial charge in [0.15, 0.2) is 0 Å². The Morgan fingerprint density at radius 1 is 0.963 bits per heavy atom. The monoisotopic (exact) mass is 362 g/mol. The fourth-order valence-corrected chi connectivity index (χ4v) is 3.43. The van der Waals surface area contributed by atoms with Gasteiger partial charge in [0, 0.05) is 19.2 Å². The van der Waals surface area contributed by atoms with Crippen LogP contribution in [0.5, 0.6) is 0 Å². The van der Waals surface area contributed by atoms with Gasteiger partial charge in [-0.15, -0.1) is 0 Å². The van der Waals surface area contributed by atoms with Crippen LogP contribution in [0.25, 0.3) is 6.08 Å². The van der Waals surface area contributed by atoms with Crippen LogP contribution >= 0.6 is 0 Å². The fourth-order valence-electron chi connectivity index (χ4n) is 3.43. The van der Waals surface area contributed by atoms with Crippen LogP contribution in [0.1, 0.15) is 48.0 Å². The molecule has 0 bridgehead atoms. The summed E-state index contributed by atoms with van der Waals surface area (Å²) in [6, 6.07) is 17.2. The second kappa shape index (κ2) is 9.17. The highest BCUT2D eigenvalue weighted by Crippen LogP contribution is 2.22. The molecule has 2 amide bonds. The van der Waals surface area contributed by atoms with E-state index in [1.165, 1.54) is 17.4 Å². The Balaban J connectivity index is 1.72. The Bertz CT molecular complexity index is 808. The molecule has 1 aliphatic rings. The largest absolute Gasteiger partial charge is 0.349 e. The Labute approximate surface area is 160 Å². The molecular formula is C23H26N2O2. The van der Waals surface area contributed by atoms with Crippen molar-refractivity contribution in [2.24, 2.45) is 0 Å². The Kier molecular flexibility index (Phi) is 6.42. The number of likely N-dealkylation sites (N-methyl/N-ethyl adjacent to an activating group) is 1. The van der Waals surface area contributed by atoms with Crippen LogP contribution in [-0.2, 0) is 4.79 Å². The molecule has 0 aliphatic heterocycles. The normalized spacial score (nSPS) is 14.9. The molecule has 4 heteroatoms. The van der Waals surface area contributed by atoms with Crippen molar-refractivity contribution in [3.05, 3.63) is 71.8 Å². The van der Waals surface area contributed by atoms with Gasteiger partial charge in [0.05, 0.1) is 11.3 Å². The number of para-hydroxylation sites is 1. The van der Waals surface area contributed by atoms with Crippen molar-refractivity contribution in [2.45, 2.75) is 38.1 Å². The first-order valence-corrected chi connectivity index (χ1v) is 9.56. The van der Waals surface area contributed by atoms with Crippen LogP contribution in [0, 0.1) is 0 Å². The summed E-state index contributed by atoms with van der Waals surface area (Å²) in [6.07, 6.45) is 8.94.